The fraction of sp³-hybridized carbons (Fsp3) is 0.950. The first-order valence-electron chi connectivity index (χ1n) is 10.9. The molecule has 164 valence electrons. The molecule has 7 nitrogen and oxygen atoms in total. The van der Waals surface area contributed by atoms with Crippen molar-refractivity contribution in [1.29, 1.82) is 0 Å². The van der Waals surface area contributed by atoms with E-state index in [1.165, 1.54) is 32.6 Å². The fourth-order valence-corrected chi connectivity index (χ4v) is 4.22. The lowest BCUT2D eigenvalue weighted by molar-refractivity contribution is -0.0817. The monoisotopic (exact) mass is 509 g/mol. The van der Waals surface area contributed by atoms with Crippen LogP contribution in [-0.4, -0.2) is 112 Å². The predicted molar refractivity (Wildman–Crippen MR) is 125 cm³/mol. The Morgan fingerprint density at radius 1 is 1.04 bits per heavy atom. The molecule has 1 N–H and O–H groups in total. The van der Waals surface area contributed by atoms with Gasteiger partial charge in [0, 0.05) is 45.9 Å². The number of ether oxygens (including phenoxy) is 2. The van der Waals surface area contributed by atoms with Crippen molar-refractivity contribution < 1.29 is 9.47 Å². The van der Waals surface area contributed by atoms with E-state index in [0.717, 1.165) is 71.2 Å². The van der Waals surface area contributed by atoms with Gasteiger partial charge < -0.3 is 29.5 Å². The standard InChI is InChI=1S/C20H39N5O2.HI/c1-3-21-20(22-8-5-10-24-11-6-9-23(2)12-13-24)25-14-16-27-19(17-25)18-7-4-15-26-18;/h18-19H,3-17H2,1-2H3,(H,21,22);1H. The number of hydrogen-bond acceptors (Lipinski definition) is 5. The molecule has 3 aliphatic rings. The fourth-order valence-electron chi connectivity index (χ4n) is 4.22. The molecule has 0 aliphatic carbocycles. The van der Waals surface area contributed by atoms with Crippen LogP contribution in [0.1, 0.15) is 32.6 Å². The maximum absolute atomic E-state index is 5.99. The van der Waals surface area contributed by atoms with E-state index in [1.807, 2.05) is 0 Å². The summed E-state index contributed by atoms with van der Waals surface area (Å²) in [4.78, 5) is 12.3. The zero-order valence-corrected chi connectivity index (χ0v) is 20.1. The lowest BCUT2D eigenvalue weighted by Crippen LogP contribution is -2.53. The van der Waals surface area contributed by atoms with E-state index < -0.39 is 0 Å². The SMILES string of the molecule is CCNC(=NCCCN1CCCN(C)CC1)N1CCOC(C2CCCO2)C1.I. The summed E-state index contributed by atoms with van der Waals surface area (Å²) in [7, 11) is 2.22. The van der Waals surface area contributed by atoms with Crippen LogP contribution in [0.2, 0.25) is 0 Å². The first-order chi connectivity index (χ1) is 13.3. The number of morpholine rings is 1. The third-order valence-electron chi connectivity index (χ3n) is 5.81. The molecule has 28 heavy (non-hydrogen) atoms. The normalized spacial score (nSPS) is 28.1. The molecule has 8 heteroatoms. The number of aliphatic imine (C=N–C) groups is 1. The van der Waals surface area contributed by atoms with Crippen molar-refractivity contribution in [1.82, 2.24) is 20.0 Å². The van der Waals surface area contributed by atoms with Gasteiger partial charge in [-0.1, -0.05) is 0 Å². The van der Waals surface area contributed by atoms with Crippen molar-refractivity contribution >= 4 is 29.9 Å². The number of halogens is 1. The molecular formula is C20H40IN5O2. The molecule has 0 amide bonds. The van der Waals surface area contributed by atoms with Gasteiger partial charge in [-0.2, -0.15) is 0 Å². The van der Waals surface area contributed by atoms with Crippen LogP contribution in [0.25, 0.3) is 0 Å². The minimum absolute atomic E-state index is 0. The lowest BCUT2D eigenvalue weighted by Gasteiger charge is -2.37. The van der Waals surface area contributed by atoms with E-state index in [1.54, 1.807) is 0 Å². The molecule has 0 aromatic rings. The maximum Gasteiger partial charge on any atom is 0.194 e. The zero-order valence-electron chi connectivity index (χ0n) is 17.8. The number of nitrogens with one attached hydrogen (secondary N) is 1. The molecule has 3 rings (SSSR count). The zero-order chi connectivity index (χ0) is 18.9. The van der Waals surface area contributed by atoms with Crippen molar-refractivity contribution in [2.75, 3.05) is 79.2 Å². The molecule has 0 bridgehead atoms. The Kier molecular flexibility index (Phi) is 11.4. The van der Waals surface area contributed by atoms with E-state index in [9.17, 15) is 0 Å². The highest BCUT2D eigenvalue weighted by molar-refractivity contribution is 14.0. The highest BCUT2D eigenvalue weighted by Gasteiger charge is 2.32. The lowest BCUT2D eigenvalue weighted by atomic mass is 10.1. The molecule has 0 aromatic heterocycles. The van der Waals surface area contributed by atoms with Gasteiger partial charge >= 0.3 is 0 Å². The van der Waals surface area contributed by atoms with Crippen LogP contribution in [0.15, 0.2) is 4.99 Å². The highest BCUT2D eigenvalue weighted by atomic mass is 127. The second-order valence-corrected chi connectivity index (χ2v) is 7.99. The molecule has 0 saturated carbocycles. The number of guanidine groups is 1. The number of likely N-dealkylation sites (N-methyl/N-ethyl adjacent to an activating group) is 1. The molecule has 3 aliphatic heterocycles. The first kappa shape index (κ1) is 24.1. The number of nitrogens with zero attached hydrogens (tertiary/aromatic N) is 4. The summed E-state index contributed by atoms with van der Waals surface area (Å²) in [6.07, 6.45) is 5.12. The van der Waals surface area contributed by atoms with E-state index in [0.29, 0.717) is 0 Å². The van der Waals surface area contributed by atoms with Gasteiger partial charge in [-0.15, -0.1) is 24.0 Å². The molecule has 0 aromatic carbocycles. The minimum atomic E-state index is 0. The topological polar surface area (TPSA) is 52.6 Å². The summed E-state index contributed by atoms with van der Waals surface area (Å²) < 4.78 is 11.8. The summed E-state index contributed by atoms with van der Waals surface area (Å²) in [5.41, 5.74) is 0. The third-order valence-corrected chi connectivity index (χ3v) is 5.81. The quantitative estimate of drug-likeness (QED) is 0.254. The molecule has 3 saturated heterocycles. The van der Waals surface area contributed by atoms with Crippen LogP contribution in [0.3, 0.4) is 0 Å². The Bertz CT molecular complexity index is 462. The average molecular weight is 509 g/mol. The predicted octanol–water partition coefficient (Wildman–Crippen LogP) is 1.48. The van der Waals surface area contributed by atoms with Crippen molar-refractivity contribution in [3.8, 4) is 0 Å². The number of hydrogen-bond donors (Lipinski definition) is 1. The Morgan fingerprint density at radius 3 is 2.68 bits per heavy atom. The first-order valence-corrected chi connectivity index (χ1v) is 10.9. The van der Waals surface area contributed by atoms with Gasteiger partial charge in [0.05, 0.1) is 12.7 Å². The molecule has 2 atom stereocenters. The Hall–Kier alpha value is -0.160. The molecule has 0 radical (unpaired) electrons. The van der Waals surface area contributed by atoms with Gasteiger partial charge in [0.25, 0.3) is 0 Å². The minimum Gasteiger partial charge on any atom is -0.375 e. The van der Waals surface area contributed by atoms with Gasteiger partial charge in [0.2, 0.25) is 0 Å². The van der Waals surface area contributed by atoms with Gasteiger partial charge in [-0.05, 0) is 59.3 Å². The summed E-state index contributed by atoms with van der Waals surface area (Å²) in [6.45, 7) is 13.3. The van der Waals surface area contributed by atoms with Crippen LogP contribution in [0.4, 0.5) is 0 Å². The van der Waals surface area contributed by atoms with Gasteiger partial charge in [-0.25, -0.2) is 0 Å². The second-order valence-electron chi connectivity index (χ2n) is 7.99. The average Bonchev–Trinajstić information content (AvgIpc) is 3.15. The van der Waals surface area contributed by atoms with Gasteiger partial charge in [-0.3, -0.25) is 4.99 Å². The van der Waals surface area contributed by atoms with Gasteiger partial charge in [0.15, 0.2) is 5.96 Å². The van der Waals surface area contributed by atoms with Crippen LogP contribution < -0.4 is 5.32 Å². The van der Waals surface area contributed by atoms with Crippen LogP contribution in [0.5, 0.6) is 0 Å². The third kappa shape index (κ3) is 7.59. The van der Waals surface area contributed by atoms with Crippen LogP contribution in [0, 0.1) is 0 Å². The van der Waals surface area contributed by atoms with Crippen LogP contribution in [-0.2, 0) is 9.47 Å². The van der Waals surface area contributed by atoms with Crippen LogP contribution >= 0.6 is 24.0 Å². The van der Waals surface area contributed by atoms with Gasteiger partial charge in [0.1, 0.15) is 6.10 Å². The maximum atomic E-state index is 5.99. The highest BCUT2D eigenvalue weighted by Crippen LogP contribution is 2.21. The van der Waals surface area contributed by atoms with Crippen molar-refractivity contribution in [2.24, 2.45) is 4.99 Å². The van der Waals surface area contributed by atoms with Crippen molar-refractivity contribution in [2.45, 2.75) is 44.8 Å². The van der Waals surface area contributed by atoms with E-state index >= 15 is 0 Å². The van der Waals surface area contributed by atoms with E-state index in [4.69, 9.17) is 14.5 Å². The largest absolute Gasteiger partial charge is 0.375 e. The second kappa shape index (κ2) is 13.2. The summed E-state index contributed by atoms with van der Waals surface area (Å²) in [5, 5.41) is 3.48. The Labute approximate surface area is 188 Å². The molecule has 3 heterocycles. The molecule has 0 spiro atoms. The Balaban J connectivity index is 0.00000280. The number of rotatable bonds is 6. The summed E-state index contributed by atoms with van der Waals surface area (Å²) in [5.74, 6) is 1.04. The van der Waals surface area contributed by atoms with Crippen molar-refractivity contribution in [3.63, 3.8) is 0 Å². The molecular weight excluding hydrogens is 469 g/mol. The summed E-state index contributed by atoms with van der Waals surface area (Å²) >= 11 is 0. The van der Waals surface area contributed by atoms with E-state index in [-0.39, 0.29) is 36.2 Å². The Morgan fingerprint density at radius 2 is 1.89 bits per heavy atom. The smallest absolute Gasteiger partial charge is 0.194 e. The molecule has 2 unspecified atom stereocenters. The van der Waals surface area contributed by atoms with E-state index in [2.05, 4.69) is 34.0 Å². The summed E-state index contributed by atoms with van der Waals surface area (Å²) in [6, 6.07) is 0. The molecule has 3 fully saturated rings. The van der Waals surface area contributed by atoms with Crippen molar-refractivity contribution in [3.05, 3.63) is 0 Å².